The quantitative estimate of drug-likeness (QED) is 0.868. The predicted octanol–water partition coefficient (Wildman–Crippen LogP) is 2.64. The summed E-state index contributed by atoms with van der Waals surface area (Å²) in [5.74, 6) is -0.623. The maximum absolute atomic E-state index is 13.4. The van der Waals surface area contributed by atoms with E-state index in [1.165, 1.54) is 22.8 Å². The molecule has 0 aliphatic rings. The third-order valence-corrected chi connectivity index (χ3v) is 3.66. The smallest absolute Gasteiger partial charge is 0.270 e. The fourth-order valence-electron chi connectivity index (χ4n) is 2.49. The number of aromatic nitrogens is 1. The Morgan fingerprint density at radius 1 is 1.19 bits per heavy atom. The van der Waals surface area contributed by atoms with Crippen LogP contribution in [0.4, 0.5) is 4.39 Å². The number of amides is 1. The molecule has 0 saturated carbocycles. The number of fused-ring (bicyclic) bond motifs is 1. The predicted molar refractivity (Wildman–Crippen MR) is 81.1 cm³/mol. The van der Waals surface area contributed by atoms with Gasteiger partial charge in [-0.3, -0.25) is 9.59 Å². The first kappa shape index (κ1) is 15.2. The highest BCUT2D eigenvalue weighted by atomic mass is 19.1. The van der Waals surface area contributed by atoms with Gasteiger partial charge in [0.1, 0.15) is 11.5 Å². The van der Waals surface area contributed by atoms with Gasteiger partial charge in [0.25, 0.3) is 11.5 Å². The Hall–Kier alpha value is -2.17. The molecule has 2 aromatic rings. The third-order valence-electron chi connectivity index (χ3n) is 3.66. The van der Waals surface area contributed by atoms with E-state index in [0.29, 0.717) is 36.1 Å². The topological polar surface area (TPSA) is 42.3 Å². The molecule has 0 fully saturated rings. The van der Waals surface area contributed by atoms with Crippen LogP contribution in [-0.4, -0.2) is 28.5 Å². The summed E-state index contributed by atoms with van der Waals surface area (Å²) in [6.07, 6.45) is 0. The normalized spacial score (nSPS) is 10.9. The molecule has 0 aliphatic heterocycles. The number of halogens is 1. The van der Waals surface area contributed by atoms with Crippen LogP contribution in [0.15, 0.2) is 29.1 Å². The van der Waals surface area contributed by atoms with Crippen LogP contribution in [0.5, 0.6) is 0 Å². The van der Waals surface area contributed by atoms with Gasteiger partial charge in [-0.25, -0.2) is 4.39 Å². The number of carbonyl (C=O) groups is 1. The molecule has 0 N–H and O–H groups in total. The molecule has 0 unspecified atom stereocenters. The molecule has 1 amide bonds. The molecule has 1 aromatic heterocycles. The number of hydrogen-bond donors (Lipinski definition) is 0. The molecule has 1 aromatic carbocycles. The van der Waals surface area contributed by atoms with Gasteiger partial charge in [-0.2, -0.15) is 0 Å². The zero-order valence-corrected chi connectivity index (χ0v) is 12.5. The van der Waals surface area contributed by atoms with E-state index in [1.807, 2.05) is 20.8 Å². The van der Waals surface area contributed by atoms with Crippen LogP contribution in [0.1, 0.15) is 31.3 Å². The van der Waals surface area contributed by atoms with Crippen LogP contribution in [0.3, 0.4) is 0 Å². The van der Waals surface area contributed by atoms with E-state index in [9.17, 15) is 14.0 Å². The first-order chi connectivity index (χ1) is 10.0. The van der Waals surface area contributed by atoms with E-state index >= 15 is 0 Å². The standard InChI is InChI=1S/C16H19FN2O2/c1-4-18(5-2)16(21)14-10-11-9-12(17)7-8-13(11)15(20)19(14)6-3/h7-10H,4-6H2,1-3H3. The lowest BCUT2D eigenvalue weighted by Gasteiger charge is -2.21. The summed E-state index contributed by atoms with van der Waals surface area (Å²) >= 11 is 0. The highest BCUT2D eigenvalue weighted by Crippen LogP contribution is 2.15. The summed E-state index contributed by atoms with van der Waals surface area (Å²) in [6, 6.07) is 5.61. The number of rotatable bonds is 4. The molecule has 0 atom stereocenters. The maximum atomic E-state index is 13.4. The summed E-state index contributed by atoms with van der Waals surface area (Å²) in [4.78, 5) is 26.6. The molecule has 1 heterocycles. The zero-order chi connectivity index (χ0) is 15.6. The van der Waals surface area contributed by atoms with Gasteiger partial charge in [-0.05, 0) is 50.4 Å². The van der Waals surface area contributed by atoms with Crippen LogP contribution < -0.4 is 5.56 Å². The van der Waals surface area contributed by atoms with Crippen molar-refractivity contribution in [1.82, 2.24) is 9.47 Å². The first-order valence-corrected chi connectivity index (χ1v) is 7.15. The van der Waals surface area contributed by atoms with Gasteiger partial charge in [-0.1, -0.05) is 0 Å². The first-order valence-electron chi connectivity index (χ1n) is 7.15. The summed E-state index contributed by atoms with van der Waals surface area (Å²) in [6.45, 7) is 7.11. The Bertz CT molecular complexity index is 733. The number of carbonyl (C=O) groups excluding carboxylic acids is 1. The van der Waals surface area contributed by atoms with Crippen molar-refractivity contribution in [1.29, 1.82) is 0 Å². The molecule has 112 valence electrons. The molecule has 0 saturated heterocycles. The van der Waals surface area contributed by atoms with E-state index in [4.69, 9.17) is 0 Å². The molecule has 0 aliphatic carbocycles. The van der Waals surface area contributed by atoms with Crippen molar-refractivity contribution in [2.45, 2.75) is 27.3 Å². The Kier molecular flexibility index (Phi) is 4.40. The van der Waals surface area contributed by atoms with E-state index in [1.54, 1.807) is 11.0 Å². The number of pyridine rings is 1. The monoisotopic (exact) mass is 290 g/mol. The summed E-state index contributed by atoms with van der Waals surface area (Å²) in [7, 11) is 0. The van der Waals surface area contributed by atoms with Crippen molar-refractivity contribution in [3.8, 4) is 0 Å². The second-order valence-electron chi connectivity index (χ2n) is 4.79. The van der Waals surface area contributed by atoms with Crippen molar-refractivity contribution in [2.75, 3.05) is 13.1 Å². The lowest BCUT2D eigenvalue weighted by atomic mass is 10.1. The van der Waals surface area contributed by atoms with Gasteiger partial charge in [0, 0.05) is 25.0 Å². The summed E-state index contributed by atoms with van der Waals surface area (Å²) < 4.78 is 14.8. The van der Waals surface area contributed by atoms with Crippen molar-refractivity contribution in [3.63, 3.8) is 0 Å². The third kappa shape index (κ3) is 2.68. The minimum absolute atomic E-state index is 0.204. The molecule has 21 heavy (non-hydrogen) atoms. The van der Waals surface area contributed by atoms with Gasteiger partial charge in [-0.15, -0.1) is 0 Å². The lowest BCUT2D eigenvalue weighted by molar-refractivity contribution is 0.0761. The van der Waals surface area contributed by atoms with Crippen LogP contribution in [0.2, 0.25) is 0 Å². The van der Waals surface area contributed by atoms with Gasteiger partial charge in [0.05, 0.1) is 0 Å². The van der Waals surface area contributed by atoms with Crippen LogP contribution in [0.25, 0.3) is 10.8 Å². The lowest BCUT2D eigenvalue weighted by Crippen LogP contribution is -2.35. The highest BCUT2D eigenvalue weighted by molar-refractivity contribution is 5.96. The second-order valence-corrected chi connectivity index (χ2v) is 4.79. The molecule has 0 radical (unpaired) electrons. The van der Waals surface area contributed by atoms with E-state index in [-0.39, 0.29) is 11.5 Å². The van der Waals surface area contributed by atoms with Crippen molar-refractivity contribution >= 4 is 16.7 Å². The van der Waals surface area contributed by atoms with Crippen molar-refractivity contribution in [3.05, 3.63) is 46.1 Å². The number of benzene rings is 1. The number of nitrogens with zero attached hydrogens (tertiary/aromatic N) is 2. The summed E-state index contributed by atoms with van der Waals surface area (Å²) in [5, 5.41) is 0.884. The second kappa shape index (κ2) is 6.08. The minimum Gasteiger partial charge on any atom is -0.338 e. The largest absolute Gasteiger partial charge is 0.338 e. The zero-order valence-electron chi connectivity index (χ0n) is 12.5. The highest BCUT2D eigenvalue weighted by Gasteiger charge is 2.18. The Morgan fingerprint density at radius 2 is 1.86 bits per heavy atom. The van der Waals surface area contributed by atoms with E-state index < -0.39 is 5.82 Å². The van der Waals surface area contributed by atoms with Gasteiger partial charge < -0.3 is 9.47 Å². The molecule has 2 rings (SSSR count). The average Bonchev–Trinajstić information content (AvgIpc) is 2.47. The van der Waals surface area contributed by atoms with E-state index in [0.717, 1.165) is 0 Å². The molecule has 5 heteroatoms. The number of hydrogen-bond acceptors (Lipinski definition) is 2. The Labute approximate surface area is 122 Å². The van der Waals surface area contributed by atoms with Gasteiger partial charge >= 0.3 is 0 Å². The molecule has 0 bridgehead atoms. The molecule has 0 spiro atoms. The summed E-state index contributed by atoms with van der Waals surface area (Å²) in [5.41, 5.74) is 0.0507. The fourth-order valence-corrected chi connectivity index (χ4v) is 2.49. The minimum atomic E-state index is -0.419. The van der Waals surface area contributed by atoms with Crippen LogP contribution >= 0.6 is 0 Å². The van der Waals surface area contributed by atoms with Crippen LogP contribution in [0, 0.1) is 5.82 Å². The van der Waals surface area contributed by atoms with Gasteiger partial charge in [0.2, 0.25) is 0 Å². The Balaban J connectivity index is 2.73. The van der Waals surface area contributed by atoms with Crippen molar-refractivity contribution < 1.29 is 9.18 Å². The van der Waals surface area contributed by atoms with Gasteiger partial charge in [0.15, 0.2) is 0 Å². The fraction of sp³-hybridized carbons (Fsp3) is 0.375. The average molecular weight is 290 g/mol. The SMILES string of the molecule is CCN(CC)C(=O)c1cc2cc(F)ccc2c(=O)n1CC. The Morgan fingerprint density at radius 3 is 2.43 bits per heavy atom. The van der Waals surface area contributed by atoms with E-state index in [2.05, 4.69) is 0 Å². The van der Waals surface area contributed by atoms with Crippen LogP contribution in [-0.2, 0) is 6.54 Å². The molecular weight excluding hydrogens is 271 g/mol. The molecule has 4 nitrogen and oxygen atoms in total. The maximum Gasteiger partial charge on any atom is 0.270 e. The molecular formula is C16H19FN2O2. The van der Waals surface area contributed by atoms with Crippen molar-refractivity contribution in [2.24, 2.45) is 0 Å².